The fraction of sp³-hybridized carbons (Fsp3) is 0.579. The third kappa shape index (κ3) is 6.38. The number of nitrogens with zero attached hydrogens (tertiary/aromatic N) is 1. The molecule has 3 amide bonds. The van der Waals surface area contributed by atoms with Crippen LogP contribution < -0.4 is 16.0 Å². The molecule has 0 unspecified atom stereocenters. The number of hydrogen-bond acceptors (Lipinski definition) is 3. The molecule has 2 rings (SSSR count). The molecule has 1 aliphatic heterocycles. The molecule has 3 N–H and O–H groups in total. The second kappa shape index (κ2) is 9.42. The van der Waals surface area contributed by atoms with E-state index in [2.05, 4.69) is 27.8 Å². The normalized spacial score (nSPS) is 15.8. The van der Waals surface area contributed by atoms with Gasteiger partial charge in [-0.15, -0.1) is 0 Å². The van der Waals surface area contributed by atoms with Gasteiger partial charge in [0.15, 0.2) is 0 Å². The van der Waals surface area contributed by atoms with E-state index in [1.807, 2.05) is 13.8 Å². The lowest BCUT2D eigenvalue weighted by atomic mass is 10.1. The van der Waals surface area contributed by atoms with E-state index in [9.17, 15) is 9.59 Å². The van der Waals surface area contributed by atoms with Gasteiger partial charge in [-0.05, 0) is 63.9 Å². The molecule has 1 fully saturated rings. The summed E-state index contributed by atoms with van der Waals surface area (Å²) in [7, 11) is 0. The summed E-state index contributed by atoms with van der Waals surface area (Å²) >= 11 is 0. The first kappa shape index (κ1) is 19.2. The Morgan fingerprint density at radius 2 is 1.80 bits per heavy atom. The number of rotatable bonds is 6. The number of likely N-dealkylation sites (tertiary alicyclic amines) is 1. The fourth-order valence-electron chi connectivity index (χ4n) is 3.02. The van der Waals surface area contributed by atoms with Crippen LogP contribution >= 0.6 is 0 Å². The van der Waals surface area contributed by atoms with E-state index >= 15 is 0 Å². The van der Waals surface area contributed by atoms with Crippen molar-refractivity contribution in [2.45, 2.75) is 52.1 Å². The van der Waals surface area contributed by atoms with Crippen molar-refractivity contribution in [3.63, 3.8) is 0 Å². The number of carbonyl (C=O) groups is 2. The zero-order valence-corrected chi connectivity index (χ0v) is 15.5. The summed E-state index contributed by atoms with van der Waals surface area (Å²) in [6.07, 6.45) is 3.15. The molecular weight excluding hydrogens is 316 g/mol. The summed E-state index contributed by atoms with van der Waals surface area (Å²) in [4.78, 5) is 26.5. The van der Waals surface area contributed by atoms with Crippen LogP contribution in [-0.4, -0.2) is 48.6 Å². The average Bonchev–Trinajstić information content (AvgIpc) is 2.57. The zero-order chi connectivity index (χ0) is 18.2. The molecule has 0 aliphatic carbocycles. The van der Waals surface area contributed by atoms with Gasteiger partial charge in [-0.3, -0.25) is 4.79 Å². The zero-order valence-electron chi connectivity index (χ0n) is 15.5. The number of piperidine rings is 1. The maximum Gasteiger partial charge on any atom is 0.319 e. The van der Waals surface area contributed by atoms with Crippen LogP contribution in [0.3, 0.4) is 0 Å². The van der Waals surface area contributed by atoms with Crippen LogP contribution in [0.15, 0.2) is 24.3 Å². The van der Waals surface area contributed by atoms with E-state index in [4.69, 9.17) is 0 Å². The summed E-state index contributed by atoms with van der Waals surface area (Å²) in [5.74, 6) is -0.107. The molecule has 0 aromatic heterocycles. The highest BCUT2D eigenvalue weighted by Gasteiger charge is 2.20. The average molecular weight is 346 g/mol. The Morgan fingerprint density at radius 3 is 2.36 bits per heavy atom. The van der Waals surface area contributed by atoms with Crippen molar-refractivity contribution in [2.75, 3.05) is 25.0 Å². The van der Waals surface area contributed by atoms with Crippen molar-refractivity contribution in [2.24, 2.45) is 0 Å². The van der Waals surface area contributed by atoms with Gasteiger partial charge in [-0.2, -0.15) is 0 Å². The smallest absolute Gasteiger partial charge is 0.319 e. The van der Waals surface area contributed by atoms with Gasteiger partial charge in [0.1, 0.15) is 0 Å². The van der Waals surface area contributed by atoms with Crippen molar-refractivity contribution in [3.8, 4) is 0 Å². The number of amides is 3. The molecule has 1 heterocycles. The second-order valence-electron chi connectivity index (χ2n) is 6.92. The van der Waals surface area contributed by atoms with Gasteiger partial charge >= 0.3 is 6.03 Å². The summed E-state index contributed by atoms with van der Waals surface area (Å²) in [6.45, 7) is 9.25. The van der Waals surface area contributed by atoms with Crippen LogP contribution in [0, 0.1) is 0 Å². The molecule has 6 heteroatoms. The highest BCUT2D eigenvalue weighted by atomic mass is 16.2. The minimum atomic E-state index is -0.187. The van der Waals surface area contributed by atoms with E-state index in [1.54, 1.807) is 24.3 Å². The van der Waals surface area contributed by atoms with Crippen molar-refractivity contribution in [1.29, 1.82) is 0 Å². The molecule has 0 radical (unpaired) electrons. The van der Waals surface area contributed by atoms with E-state index in [0.29, 0.717) is 11.3 Å². The Hall–Kier alpha value is -2.08. The maximum absolute atomic E-state index is 12.1. The number of hydrogen-bond donors (Lipinski definition) is 3. The number of nitrogens with one attached hydrogen (secondary N) is 3. The summed E-state index contributed by atoms with van der Waals surface area (Å²) in [6, 6.07) is 7.07. The Bertz CT molecular complexity index is 563. The Kier molecular flexibility index (Phi) is 7.25. The number of urea groups is 1. The molecule has 1 saturated heterocycles. The summed E-state index contributed by atoms with van der Waals surface area (Å²) < 4.78 is 0. The first-order valence-corrected chi connectivity index (χ1v) is 9.18. The molecule has 138 valence electrons. The largest absolute Gasteiger partial charge is 0.350 e. The Balaban J connectivity index is 1.78. The van der Waals surface area contributed by atoms with Gasteiger partial charge in [0.2, 0.25) is 0 Å². The van der Waals surface area contributed by atoms with Gasteiger partial charge in [0.25, 0.3) is 5.91 Å². The summed E-state index contributed by atoms with van der Waals surface area (Å²) in [5, 5.41) is 8.72. The molecule has 1 aromatic rings. The van der Waals surface area contributed by atoms with Crippen LogP contribution in [0.1, 0.15) is 50.4 Å². The van der Waals surface area contributed by atoms with Gasteiger partial charge < -0.3 is 20.9 Å². The number of benzene rings is 1. The minimum absolute atomic E-state index is 0.0971. The highest BCUT2D eigenvalue weighted by Crippen LogP contribution is 2.12. The molecule has 6 nitrogen and oxygen atoms in total. The lowest BCUT2D eigenvalue weighted by molar-refractivity contribution is 0.0943. The third-order valence-electron chi connectivity index (χ3n) is 4.29. The van der Waals surface area contributed by atoms with Crippen molar-refractivity contribution < 1.29 is 9.59 Å². The lowest BCUT2D eigenvalue weighted by Gasteiger charge is -2.32. The lowest BCUT2D eigenvalue weighted by Crippen LogP contribution is -2.46. The molecule has 1 aromatic carbocycles. The molecule has 0 spiro atoms. The third-order valence-corrected chi connectivity index (χ3v) is 4.29. The highest BCUT2D eigenvalue weighted by molar-refractivity contribution is 5.95. The van der Waals surface area contributed by atoms with E-state index < -0.39 is 0 Å². The Labute approximate surface area is 150 Å². The molecule has 1 aliphatic rings. The van der Waals surface area contributed by atoms with E-state index in [-0.39, 0.29) is 24.0 Å². The molecule has 0 bridgehead atoms. The van der Waals surface area contributed by atoms with Crippen LogP contribution in [-0.2, 0) is 0 Å². The quantitative estimate of drug-likeness (QED) is 0.741. The van der Waals surface area contributed by atoms with Crippen molar-refractivity contribution in [1.82, 2.24) is 15.5 Å². The minimum Gasteiger partial charge on any atom is -0.350 e. The first-order valence-electron chi connectivity index (χ1n) is 9.18. The predicted molar refractivity (Wildman–Crippen MR) is 101 cm³/mol. The van der Waals surface area contributed by atoms with Crippen LogP contribution in [0.4, 0.5) is 10.5 Å². The molecule has 0 saturated carbocycles. The topological polar surface area (TPSA) is 73.5 Å². The van der Waals surface area contributed by atoms with Gasteiger partial charge in [0.05, 0.1) is 0 Å². The van der Waals surface area contributed by atoms with Crippen LogP contribution in [0.5, 0.6) is 0 Å². The Morgan fingerprint density at radius 1 is 1.16 bits per heavy atom. The van der Waals surface area contributed by atoms with E-state index in [0.717, 1.165) is 32.5 Å². The number of anilines is 1. The number of carbonyl (C=O) groups excluding carboxylic acids is 2. The SMILES string of the molecule is CCCN1CCC(NC(=O)Nc2ccc(C(=O)NC(C)C)cc2)CC1. The van der Waals surface area contributed by atoms with Gasteiger partial charge in [-0.1, -0.05) is 6.92 Å². The maximum atomic E-state index is 12.1. The van der Waals surface area contributed by atoms with E-state index in [1.165, 1.54) is 6.42 Å². The van der Waals surface area contributed by atoms with Crippen LogP contribution in [0.2, 0.25) is 0 Å². The predicted octanol–water partition coefficient (Wildman–Crippen LogP) is 2.82. The van der Waals surface area contributed by atoms with Gasteiger partial charge in [0, 0.05) is 36.4 Å². The fourth-order valence-corrected chi connectivity index (χ4v) is 3.02. The van der Waals surface area contributed by atoms with Crippen molar-refractivity contribution in [3.05, 3.63) is 29.8 Å². The van der Waals surface area contributed by atoms with Crippen LogP contribution in [0.25, 0.3) is 0 Å². The first-order chi connectivity index (χ1) is 12.0. The second-order valence-corrected chi connectivity index (χ2v) is 6.92. The van der Waals surface area contributed by atoms with Crippen molar-refractivity contribution >= 4 is 17.6 Å². The van der Waals surface area contributed by atoms with Gasteiger partial charge in [-0.25, -0.2) is 4.79 Å². The molecule has 25 heavy (non-hydrogen) atoms. The molecule has 0 atom stereocenters. The standard InChI is InChI=1S/C19H30N4O2/c1-4-11-23-12-9-17(10-13-23)22-19(25)21-16-7-5-15(6-8-16)18(24)20-14(2)3/h5-8,14,17H,4,9-13H2,1-3H3,(H,20,24)(H2,21,22,25). The monoisotopic (exact) mass is 346 g/mol. The molecular formula is C19H30N4O2. The summed E-state index contributed by atoms with van der Waals surface area (Å²) in [5.41, 5.74) is 1.27.